The first kappa shape index (κ1) is 16.4. The Labute approximate surface area is 137 Å². The van der Waals surface area contributed by atoms with Gasteiger partial charge in [-0.1, -0.05) is 13.0 Å². The number of likely N-dealkylation sites (N-methyl/N-ethyl adjacent to an activating group) is 1. The lowest BCUT2D eigenvalue weighted by molar-refractivity contribution is -0.116. The van der Waals surface area contributed by atoms with Crippen molar-refractivity contribution < 1.29 is 13.2 Å². The summed E-state index contributed by atoms with van der Waals surface area (Å²) in [6.07, 6.45) is 0.771. The molecule has 0 bridgehead atoms. The molecule has 23 heavy (non-hydrogen) atoms. The number of likely N-dealkylation sites (tertiary alicyclic amines) is 1. The van der Waals surface area contributed by atoms with Crippen molar-refractivity contribution in [3.05, 3.63) is 23.8 Å². The molecule has 1 aromatic rings. The van der Waals surface area contributed by atoms with Crippen LogP contribution in [0.25, 0.3) is 0 Å². The normalized spacial score (nSPS) is 24.9. The zero-order chi connectivity index (χ0) is 16.8. The fourth-order valence-electron chi connectivity index (χ4n) is 3.48. The van der Waals surface area contributed by atoms with Crippen LogP contribution in [0.3, 0.4) is 0 Å². The quantitative estimate of drug-likeness (QED) is 0.887. The van der Waals surface area contributed by atoms with Crippen molar-refractivity contribution in [3.8, 4) is 0 Å². The second-order valence-electron chi connectivity index (χ2n) is 6.64. The van der Waals surface area contributed by atoms with Crippen LogP contribution in [0.15, 0.2) is 23.1 Å². The fourth-order valence-corrected chi connectivity index (χ4v) is 4.84. The molecule has 0 aromatic heterocycles. The van der Waals surface area contributed by atoms with Crippen molar-refractivity contribution in [1.29, 1.82) is 0 Å². The van der Waals surface area contributed by atoms with Gasteiger partial charge in [-0.3, -0.25) is 4.79 Å². The first-order valence-corrected chi connectivity index (χ1v) is 9.38. The number of carbonyl (C=O) groups excluding carboxylic acids is 1. The van der Waals surface area contributed by atoms with Gasteiger partial charge in [0.15, 0.2) is 0 Å². The molecule has 1 N–H and O–H groups in total. The topological polar surface area (TPSA) is 69.7 Å². The Bertz CT molecular complexity index is 732. The summed E-state index contributed by atoms with van der Waals surface area (Å²) in [4.78, 5) is 15.7. The Balaban J connectivity index is 1.87. The molecule has 1 fully saturated rings. The predicted molar refractivity (Wildman–Crippen MR) is 88.9 cm³/mol. The highest BCUT2D eigenvalue weighted by Crippen LogP contribution is 2.31. The number of amides is 1. The van der Waals surface area contributed by atoms with E-state index in [1.165, 1.54) is 6.92 Å². The minimum absolute atomic E-state index is 0.0581. The highest BCUT2D eigenvalue weighted by Gasteiger charge is 2.32. The molecule has 0 spiro atoms. The Morgan fingerprint density at radius 2 is 2.04 bits per heavy atom. The molecule has 0 saturated carbocycles. The molecule has 3 rings (SSSR count). The number of carbonyl (C=O) groups is 1. The molecule has 1 saturated heterocycles. The highest BCUT2D eigenvalue weighted by molar-refractivity contribution is 7.89. The number of nitrogens with zero attached hydrogens (tertiary/aromatic N) is 2. The second kappa shape index (κ2) is 5.89. The fraction of sp³-hybridized carbons (Fsp3) is 0.562. The molecule has 0 aliphatic carbocycles. The van der Waals surface area contributed by atoms with E-state index in [0.29, 0.717) is 13.1 Å². The van der Waals surface area contributed by atoms with Gasteiger partial charge in [0, 0.05) is 38.3 Å². The molecule has 2 unspecified atom stereocenters. The third-order valence-electron chi connectivity index (χ3n) is 4.74. The van der Waals surface area contributed by atoms with E-state index in [4.69, 9.17) is 0 Å². The number of nitrogens with one attached hydrogen (secondary N) is 1. The lowest BCUT2D eigenvalue weighted by Gasteiger charge is -2.18. The largest absolute Gasteiger partial charge is 0.312 e. The molecular weight excluding hydrogens is 314 g/mol. The predicted octanol–water partition coefficient (Wildman–Crippen LogP) is 0.824. The van der Waals surface area contributed by atoms with Crippen LogP contribution in [0.2, 0.25) is 0 Å². The maximum atomic E-state index is 12.7. The summed E-state index contributed by atoms with van der Waals surface area (Å²) in [6, 6.07) is 4.99. The third-order valence-corrected chi connectivity index (χ3v) is 6.23. The van der Waals surface area contributed by atoms with Crippen LogP contribution in [0.1, 0.15) is 19.4 Å². The van der Waals surface area contributed by atoms with Crippen LogP contribution in [0.4, 0.5) is 5.69 Å². The minimum Gasteiger partial charge on any atom is -0.312 e. The van der Waals surface area contributed by atoms with Crippen molar-refractivity contribution in [3.63, 3.8) is 0 Å². The summed E-state index contributed by atoms with van der Waals surface area (Å²) in [5.74, 6) is 0.218. The number of rotatable bonds is 3. The number of benzene rings is 1. The van der Waals surface area contributed by atoms with Crippen LogP contribution < -0.4 is 9.62 Å². The average molecular weight is 337 g/mol. The Morgan fingerprint density at radius 1 is 1.30 bits per heavy atom. The van der Waals surface area contributed by atoms with Crippen LogP contribution in [-0.4, -0.2) is 51.9 Å². The van der Waals surface area contributed by atoms with Crippen LogP contribution >= 0.6 is 0 Å². The Hall–Kier alpha value is -1.44. The minimum atomic E-state index is -3.59. The van der Waals surface area contributed by atoms with Crippen LogP contribution in [0, 0.1) is 5.92 Å². The summed E-state index contributed by atoms with van der Waals surface area (Å²) >= 11 is 0. The zero-order valence-electron chi connectivity index (χ0n) is 13.7. The van der Waals surface area contributed by atoms with Gasteiger partial charge < -0.3 is 9.80 Å². The van der Waals surface area contributed by atoms with Gasteiger partial charge in [0.25, 0.3) is 0 Å². The smallest absolute Gasteiger partial charge is 0.240 e. The van der Waals surface area contributed by atoms with E-state index < -0.39 is 10.0 Å². The molecule has 2 atom stereocenters. The van der Waals surface area contributed by atoms with E-state index in [-0.39, 0.29) is 22.8 Å². The summed E-state index contributed by atoms with van der Waals surface area (Å²) in [5, 5.41) is 0. The number of hydrogen-bond acceptors (Lipinski definition) is 4. The first-order chi connectivity index (χ1) is 10.8. The molecule has 6 nitrogen and oxygen atoms in total. The van der Waals surface area contributed by atoms with Crippen molar-refractivity contribution in [2.24, 2.45) is 5.92 Å². The summed E-state index contributed by atoms with van der Waals surface area (Å²) in [5.41, 5.74) is 1.74. The summed E-state index contributed by atoms with van der Waals surface area (Å²) in [7, 11) is -1.59. The number of anilines is 1. The number of fused-ring (bicyclic) bond motifs is 1. The summed E-state index contributed by atoms with van der Waals surface area (Å²) < 4.78 is 28.2. The molecular formula is C16H23N3O3S. The van der Waals surface area contributed by atoms with Crippen LogP contribution in [-0.2, 0) is 21.2 Å². The first-order valence-electron chi connectivity index (χ1n) is 7.90. The average Bonchev–Trinajstić information content (AvgIpc) is 3.01. The maximum Gasteiger partial charge on any atom is 0.240 e. The van der Waals surface area contributed by atoms with Gasteiger partial charge in [-0.25, -0.2) is 13.1 Å². The van der Waals surface area contributed by atoms with Crippen molar-refractivity contribution >= 4 is 21.6 Å². The monoisotopic (exact) mass is 337 g/mol. The highest BCUT2D eigenvalue weighted by atomic mass is 32.2. The Kier molecular flexibility index (Phi) is 4.20. The molecule has 1 amide bonds. The SMILES string of the molecule is CC(=O)N1CCc2ccc(S(=O)(=O)NC3CN(C)CC3C)cc21. The number of sulfonamides is 1. The van der Waals surface area contributed by atoms with E-state index in [9.17, 15) is 13.2 Å². The van der Waals surface area contributed by atoms with Crippen LogP contribution in [0.5, 0.6) is 0 Å². The van der Waals surface area contributed by atoms with Gasteiger partial charge in [-0.2, -0.15) is 0 Å². The van der Waals surface area contributed by atoms with E-state index in [0.717, 1.165) is 24.2 Å². The molecule has 0 radical (unpaired) electrons. The van der Waals surface area contributed by atoms with Gasteiger partial charge in [0.05, 0.1) is 4.90 Å². The van der Waals surface area contributed by atoms with Gasteiger partial charge in [-0.15, -0.1) is 0 Å². The van der Waals surface area contributed by atoms with Gasteiger partial charge in [0.1, 0.15) is 0 Å². The summed E-state index contributed by atoms with van der Waals surface area (Å²) in [6.45, 7) is 5.77. The van der Waals surface area contributed by atoms with Gasteiger partial charge in [-0.05, 0) is 37.1 Å². The van der Waals surface area contributed by atoms with E-state index >= 15 is 0 Å². The maximum absolute atomic E-state index is 12.7. The second-order valence-corrected chi connectivity index (χ2v) is 8.35. The number of hydrogen-bond donors (Lipinski definition) is 1. The third kappa shape index (κ3) is 3.13. The molecule has 7 heteroatoms. The van der Waals surface area contributed by atoms with E-state index in [1.807, 2.05) is 13.1 Å². The van der Waals surface area contributed by atoms with Gasteiger partial charge in [0.2, 0.25) is 15.9 Å². The van der Waals surface area contributed by atoms with Gasteiger partial charge >= 0.3 is 0 Å². The van der Waals surface area contributed by atoms with Crippen molar-refractivity contribution in [2.75, 3.05) is 31.6 Å². The van der Waals surface area contributed by atoms with E-state index in [2.05, 4.69) is 16.5 Å². The molecule has 126 valence electrons. The lowest BCUT2D eigenvalue weighted by Crippen LogP contribution is -2.39. The zero-order valence-corrected chi connectivity index (χ0v) is 14.6. The van der Waals surface area contributed by atoms with Crippen molar-refractivity contribution in [1.82, 2.24) is 9.62 Å². The molecule has 2 heterocycles. The standard InChI is InChI=1S/C16H23N3O3S/c1-11-9-18(3)10-15(11)17-23(21,22)14-5-4-13-6-7-19(12(2)20)16(13)8-14/h4-5,8,11,15,17H,6-7,9-10H2,1-3H3. The van der Waals surface area contributed by atoms with E-state index in [1.54, 1.807) is 17.0 Å². The Morgan fingerprint density at radius 3 is 2.65 bits per heavy atom. The lowest BCUT2D eigenvalue weighted by atomic mass is 10.1. The molecule has 2 aliphatic heterocycles. The molecule has 2 aliphatic rings. The van der Waals surface area contributed by atoms with Crippen molar-refractivity contribution in [2.45, 2.75) is 31.2 Å². The molecule has 1 aromatic carbocycles.